The van der Waals surface area contributed by atoms with Gasteiger partial charge in [0, 0.05) is 12.4 Å². The molecule has 104 valence electrons. The van der Waals surface area contributed by atoms with Gasteiger partial charge in [0.1, 0.15) is 17.7 Å². The number of rotatable bonds is 4. The Bertz CT molecular complexity index is 647. The third-order valence-corrected chi connectivity index (χ3v) is 3.75. The Morgan fingerprint density at radius 3 is 3.00 bits per heavy atom. The van der Waals surface area contributed by atoms with Crippen LogP contribution in [-0.4, -0.2) is 15.1 Å². The van der Waals surface area contributed by atoms with Crippen molar-refractivity contribution in [3.63, 3.8) is 0 Å². The molecule has 3 rings (SSSR count). The second kappa shape index (κ2) is 5.21. The van der Waals surface area contributed by atoms with Crippen LogP contribution in [0.15, 0.2) is 30.6 Å². The average molecular weight is 272 g/mol. The lowest BCUT2D eigenvalue weighted by atomic mass is 9.93. The predicted molar refractivity (Wildman–Crippen MR) is 75.6 cm³/mol. The molecule has 0 bridgehead atoms. The maximum atomic E-state index is 14.0. The van der Waals surface area contributed by atoms with Gasteiger partial charge in [-0.15, -0.1) is 0 Å². The number of aliphatic hydroxyl groups excluding tert-OH is 1. The quantitative estimate of drug-likeness (QED) is 0.896. The minimum atomic E-state index is -0.849. The van der Waals surface area contributed by atoms with Crippen LogP contribution in [-0.2, 0) is 6.42 Å². The van der Waals surface area contributed by atoms with Crippen molar-refractivity contribution >= 4 is 5.57 Å². The number of nitrogens with one attached hydrogen (secondary N) is 1. The van der Waals surface area contributed by atoms with Gasteiger partial charge in [0.25, 0.3) is 0 Å². The minimum absolute atomic E-state index is 0.197. The Balaban J connectivity index is 2.09. The normalized spacial score (nSPS) is 15.1. The van der Waals surface area contributed by atoms with Crippen LogP contribution in [0.4, 0.5) is 4.39 Å². The largest absolute Gasteiger partial charge is 0.380 e. The predicted octanol–water partition coefficient (Wildman–Crippen LogP) is 3.37. The van der Waals surface area contributed by atoms with Crippen molar-refractivity contribution in [1.29, 1.82) is 0 Å². The van der Waals surface area contributed by atoms with E-state index in [0.717, 1.165) is 29.5 Å². The maximum absolute atomic E-state index is 14.0. The third kappa shape index (κ3) is 2.06. The Morgan fingerprint density at radius 2 is 2.30 bits per heavy atom. The van der Waals surface area contributed by atoms with E-state index in [1.807, 2.05) is 0 Å². The van der Waals surface area contributed by atoms with Crippen LogP contribution in [0.2, 0.25) is 0 Å². The van der Waals surface area contributed by atoms with Crippen LogP contribution in [0, 0.1) is 5.82 Å². The van der Waals surface area contributed by atoms with Gasteiger partial charge >= 0.3 is 0 Å². The number of aliphatic hydroxyl groups is 1. The van der Waals surface area contributed by atoms with Gasteiger partial charge in [0.2, 0.25) is 0 Å². The average Bonchev–Trinajstić information content (AvgIpc) is 3.09. The molecule has 1 atom stereocenters. The van der Waals surface area contributed by atoms with Gasteiger partial charge in [-0.1, -0.05) is 25.5 Å². The summed E-state index contributed by atoms with van der Waals surface area (Å²) in [5.74, 6) is 0.291. The summed E-state index contributed by atoms with van der Waals surface area (Å²) in [6.07, 6.45) is 6.99. The molecule has 2 N–H and O–H groups in total. The van der Waals surface area contributed by atoms with Crippen molar-refractivity contribution in [2.24, 2.45) is 0 Å². The van der Waals surface area contributed by atoms with Crippen LogP contribution in [0.1, 0.15) is 48.4 Å². The molecular formula is C16H17FN2O. The fourth-order valence-corrected chi connectivity index (χ4v) is 2.85. The molecule has 0 radical (unpaired) electrons. The molecule has 4 heteroatoms. The molecule has 1 aliphatic rings. The summed E-state index contributed by atoms with van der Waals surface area (Å²) in [5, 5.41) is 10.5. The molecule has 2 aromatic rings. The van der Waals surface area contributed by atoms with E-state index in [1.54, 1.807) is 18.5 Å². The molecule has 1 aliphatic carbocycles. The van der Waals surface area contributed by atoms with Crippen LogP contribution in [0.5, 0.6) is 0 Å². The van der Waals surface area contributed by atoms with E-state index < -0.39 is 6.10 Å². The zero-order valence-corrected chi connectivity index (χ0v) is 11.4. The number of benzene rings is 1. The van der Waals surface area contributed by atoms with E-state index in [0.29, 0.717) is 17.8 Å². The summed E-state index contributed by atoms with van der Waals surface area (Å²) in [5.41, 5.74) is 3.42. The molecule has 0 saturated carbocycles. The number of nitrogens with zero attached hydrogens (tertiary/aromatic N) is 1. The van der Waals surface area contributed by atoms with Crippen molar-refractivity contribution in [3.05, 3.63) is 58.9 Å². The van der Waals surface area contributed by atoms with E-state index in [4.69, 9.17) is 0 Å². The highest BCUT2D eigenvalue weighted by Gasteiger charge is 2.25. The highest BCUT2D eigenvalue weighted by atomic mass is 19.1. The number of fused-ring (bicyclic) bond motifs is 1. The SMILES string of the molecule is CCCC1=CCc2c(F)ccc(C(O)c3ncc[nH]3)c21. The molecule has 1 heterocycles. The van der Waals surface area contributed by atoms with Gasteiger partial charge < -0.3 is 10.1 Å². The molecule has 0 aliphatic heterocycles. The van der Waals surface area contributed by atoms with E-state index in [1.165, 1.54) is 6.07 Å². The van der Waals surface area contributed by atoms with Crippen molar-refractivity contribution in [1.82, 2.24) is 9.97 Å². The number of aromatic amines is 1. The van der Waals surface area contributed by atoms with E-state index in [2.05, 4.69) is 23.0 Å². The molecule has 20 heavy (non-hydrogen) atoms. The first kappa shape index (κ1) is 13.1. The monoisotopic (exact) mass is 272 g/mol. The number of H-pyrrole nitrogens is 1. The number of halogens is 1. The highest BCUT2D eigenvalue weighted by Crippen LogP contribution is 2.38. The van der Waals surface area contributed by atoms with Crippen LogP contribution >= 0.6 is 0 Å². The number of hydrogen-bond donors (Lipinski definition) is 2. The first-order valence-electron chi connectivity index (χ1n) is 6.90. The van der Waals surface area contributed by atoms with Crippen LogP contribution < -0.4 is 0 Å². The fourth-order valence-electron chi connectivity index (χ4n) is 2.85. The molecule has 0 amide bonds. The van der Waals surface area contributed by atoms with Crippen molar-refractivity contribution < 1.29 is 9.50 Å². The van der Waals surface area contributed by atoms with E-state index >= 15 is 0 Å². The van der Waals surface area contributed by atoms with Gasteiger partial charge in [-0.05, 0) is 41.2 Å². The second-order valence-corrected chi connectivity index (χ2v) is 5.05. The summed E-state index contributed by atoms with van der Waals surface area (Å²) in [4.78, 5) is 7.01. The first-order chi connectivity index (χ1) is 9.72. The first-order valence-corrected chi connectivity index (χ1v) is 6.90. The van der Waals surface area contributed by atoms with Gasteiger partial charge in [-0.2, -0.15) is 0 Å². The van der Waals surface area contributed by atoms with Gasteiger partial charge in [-0.25, -0.2) is 9.37 Å². The minimum Gasteiger partial charge on any atom is -0.380 e. The maximum Gasteiger partial charge on any atom is 0.139 e. The smallest absolute Gasteiger partial charge is 0.139 e. The summed E-state index contributed by atoms with van der Waals surface area (Å²) in [6, 6.07) is 3.10. The molecule has 1 unspecified atom stereocenters. The molecule has 3 nitrogen and oxygen atoms in total. The lowest BCUT2D eigenvalue weighted by Crippen LogP contribution is -2.07. The molecular weight excluding hydrogens is 255 g/mol. The van der Waals surface area contributed by atoms with E-state index in [9.17, 15) is 9.50 Å². The van der Waals surface area contributed by atoms with Crippen molar-refractivity contribution in [2.45, 2.75) is 32.3 Å². The molecule has 1 aromatic heterocycles. The lowest BCUT2D eigenvalue weighted by molar-refractivity contribution is 0.210. The van der Waals surface area contributed by atoms with Gasteiger partial charge in [0.15, 0.2) is 0 Å². The number of aromatic nitrogens is 2. The molecule has 1 aromatic carbocycles. The molecule has 0 fully saturated rings. The molecule has 0 saturated heterocycles. The van der Waals surface area contributed by atoms with Gasteiger partial charge in [0.05, 0.1) is 0 Å². The Kier molecular flexibility index (Phi) is 3.40. The summed E-state index contributed by atoms with van der Waals surface area (Å²) < 4.78 is 14.0. The summed E-state index contributed by atoms with van der Waals surface area (Å²) in [7, 11) is 0. The molecule has 0 spiro atoms. The third-order valence-electron chi connectivity index (χ3n) is 3.75. The Hall–Kier alpha value is -1.94. The van der Waals surface area contributed by atoms with Crippen LogP contribution in [0.25, 0.3) is 5.57 Å². The van der Waals surface area contributed by atoms with Crippen molar-refractivity contribution in [3.8, 4) is 0 Å². The number of imidazole rings is 1. The second-order valence-electron chi connectivity index (χ2n) is 5.05. The van der Waals surface area contributed by atoms with Gasteiger partial charge in [-0.3, -0.25) is 0 Å². The van der Waals surface area contributed by atoms with Crippen molar-refractivity contribution in [2.75, 3.05) is 0 Å². The standard InChI is InChI=1S/C16H17FN2O/c1-2-3-10-4-5-11-13(17)7-6-12(14(10)11)15(20)16-18-8-9-19-16/h4,6-9,15,20H,2-3,5H2,1H3,(H,18,19). The lowest BCUT2D eigenvalue weighted by Gasteiger charge is -2.16. The number of hydrogen-bond acceptors (Lipinski definition) is 2. The van der Waals surface area contributed by atoms with Crippen LogP contribution in [0.3, 0.4) is 0 Å². The summed E-state index contributed by atoms with van der Waals surface area (Å²) in [6.45, 7) is 2.10. The Morgan fingerprint density at radius 1 is 1.45 bits per heavy atom. The Labute approximate surface area is 117 Å². The zero-order chi connectivity index (χ0) is 14.1. The summed E-state index contributed by atoms with van der Waals surface area (Å²) >= 11 is 0. The zero-order valence-electron chi connectivity index (χ0n) is 11.4. The number of allylic oxidation sites excluding steroid dienone is 2. The fraction of sp³-hybridized carbons (Fsp3) is 0.312. The highest BCUT2D eigenvalue weighted by molar-refractivity contribution is 5.76. The van der Waals surface area contributed by atoms with E-state index in [-0.39, 0.29) is 5.82 Å². The topological polar surface area (TPSA) is 48.9 Å².